The monoisotopic (exact) mass is 330 g/mol. The molecule has 0 bridgehead atoms. The van der Waals surface area contributed by atoms with E-state index in [0.717, 1.165) is 29.9 Å². The number of nitrogens with one attached hydrogen (secondary N) is 2. The van der Waals surface area contributed by atoms with E-state index in [9.17, 15) is 8.42 Å². The van der Waals surface area contributed by atoms with Crippen LogP contribution in [-0.2, 0) is 16.6 Å². The smallest absolute Gasteiger partial charge is 0.244 e. The minimum atomic E-state index is -3.56. The lowest BCUT2D eigenvalue weighted by Gasteiger charge is -2.23. The summed E-state index contributed by atoms with van der Waals surface area (Å²) in [7, 11) is -0.236. The van der Waals surface area contributed by atoms with Crippen molar-refractivity contribution in [3.05, 3.63) is 23.8 Å². The van der Waals surface area contributed by atoms with Crippen molar-refractivity contribution >= 4 is 21.8 Å². The predicted octanol–water partition coefficient (Wildman–Crippen LogP) is 1.59. The topological polar surface area (TPSA) is 67.4 Å². The first kappa shape index (κ1) is 16.6. The zero-order chi connectivity index (χ0) is 15.3. The third kappa shape index (κ3) is 4.35. The van der Waals surface area contributed by atoms with Crippen molar-refractivity contribution in [1.82, 2.24) is 10.0 Å². The Balaban J connectivity index is 2.26. The van der Waals surface area contributed by atoms with E-state index in [2.05, 4.69) is 10.0 Å². The average molecular weight is 330 g/mol. The first-order chi connectivity index (χ1) is 10.1. The van der Waals surface area contributed by atoms with Crippen LogP contribution in [0.5, 0.6) is 5.75 Å². The maximum Gasteiger partial charge on any atom is 0.244 e. The van der Waals surface area contributed by atoms with Gasteiger partial charge in [-0.2, -0.15) is 11.8 Å². The summed E-state index contributed by atoms with van der Waals surface area (Å²) in [5.74, 6) is 2.39. The third-order valence-electron chi connectivity index (χ3n) is 3.44. The first-order valence-corrected chi connectivity index (χ1v) is 9.62. The second-order valence-corrected chi connectivity index (χ2v) is 7.93. The Kier molecular flexibility index (Phi) is 5.92. The molecule has 0 aliphatic carbocycles. The van der Waals surface area contributed by atoms with Crippen LogP contribution < -0.4 is 14.8 Å². The Morgan fingerprint density at radius 3 is 2.67 bits per heavy atom. The van der Waals surface area contributed by atoms with E-state index in [0.29, 0.717) is 12.3 Å². The van der Waals surface area contributed by atoms with Crippen molar-refractivity contribution in [2.45, 2.75) is 30.3 Å². The minimum absolute atomic E-state index is 0.0221. The lowest BCUT2D eigenvalue weighted by molar-refractivity contribution is 0.401. The molecule has 1 saturated heterocycles. The number of rotatable bonds is 6. The molecule has 0 saturated carbocycles. The Bertz CT molecular complexity index is 570. The van der Waals surface area contributed by atoms with Crippen LogP contribution in [0.1, 0.15) is 18.4 Å². The summed E-state index contributed by atoms with van der Waals surface area (Å²) >= 11 is 1.87. The molecular weight excluding hydrogens is 308 g/mol. The summed E-state index contributed by atoms with van der Waals surface area (Å²) in [5, 5.41) is 3.02. The van der Waals surface area contributed by atoms with Gasteiger partial charge in [0.25, 0.3) is 0 Å². The van der Waals surface area contributed by atoms with Gasteiger partial charge in [-0.05, 0) is 49.1 Å². The number of benzene rings is 1. The van der Waals surface area contributed by atoms with Gasteiger partial charge in [0.2, 0.25) is 10.0 Å². The first-order valence-electron chi connectivity index (χ1n) is 6.98. The Labute approximate surface area is 130 Å². The Morgan fingerprint density at radius 2 is 2.05 bits per heavy atom. The van der Waals surface area contributed by atoms with Crippen LogP contribution in [0.4, 0.5) is 0 Å². The molecule has 0 spiro atoms. The standard InChI is InChI=1S/C14H22N2O3S2/c1-15-10-11-3-4-13(19-2)14(9-11)21(17,18)16-12-5-7-20-8-6-12/h3-4,9,12,15-16H,5-8,10H2,1-2H3. The van der Waals surface area contributed by atoms with E-state index >= 15 is 0 Å². The van der Waals surface area contributed by atoms with Crippen LogP contribution >= 0.6 is 11.8 Å². The normalized spacial score (nSPS) is 16.9. The fourth-order valence-electron chi connectivity index (χ4n) is 2.34. The molecule has 0 atom stereocenters. The highest BCUT2D eigenvalue weighted by atomic mass is 32.2. The van der Waals surface area contributed by atoms with Gasteiger partial charge in [-0.15, -0.1) is 0 Å². The van der Waals surface area contributed by atoms with Crippen LogP contribution in [0.3, 0.4) is 0 Å². The molecule has 0 radical (unpaired) electrons. The zero-order valence-electron chi connectivity index (χ0n) is 12.4. The van der Waals surface area contributed by atoms with E-state index in [-0.39, 0.29) is 10.9 Å². The van der Waals surface area contributed by atoms with Gasteiger partial charge < -0.3 is 10.1 Å². The Hall–Kier alpha value is -0.760. The number of hydrogen-bond donors (Lipinski definition) is 2. The van der Waals surface area contributed by atoms with Crippen LogP contribution in [0.2, 0.25) is 0 Å². The fourth-order valence-corrected chi connectivity index (χ4v) is 4.97. The predicted molar refractivity (Wildman–Crippen MR) is 86.4 cm³/mol. The highest BCUT2D eigenvalue weighted by molar-refractivity contribution is 7.99. The van der Waals surface area contributed by atoms with E-state index < -0.39 is 10.0 Å². The highest BCUT2D eigenvalue weighted by Gasteiger charge is 2.25. The maximum absolute atomic E-state index is 12.6. The van der Waals surface area contributed by atoms with Gasteiger partial charge in [-0.1, -0.05) is 6.07 Å². The highest BCUT2D eigenvalue weighted by Crippen LogP contribution is 2.26. The molecule has 1 aromatic carbocycles. The van der Waals surface area contributed by atoms with Crippen LogP contribution in [-0.4, -0.2) is 40.1 Å². The largest absolute Gasteiger partial charge is 0.495 e. The summed E-state index contributed by atoms with van der Waals surface area (Å²) in [6.45, 7) is 0.618. The fraction of sp³-hybridized carbons (Fsp3) is 0.571. The summed E-state index contributed by atoms with van der Waals surface area (Å²) in [4.78, 5) is 0.218. The molecule has 1 aromatic rings. The molecular formula is C14H22N2O3S2. The Morgan fingerprint density at radius 1 is 1.33 bits per heavy atom. The molecule has 1 aliphatic heterocycles. The SMILES string of the molecule is CNCc1ccc(OC)c(S(=O)(=O)NC2CCSCC2)c1. The number of hydrogen-bond acceptors (Lipinski definition) is 5. The maximum atomic E-state index is 12.6. The second-order valence-electron chi connectivity index (χ2n) is 5.02. The van der Waals surface area contributed by atoms with Gasteiger partial charge in [0.15, 0.2) is 0 Å². The molecule has 1 fully saturated rings. The molecule has 5 nitrogen and oxygen atoms in total. The third-order valence-corrected chi connectivity index (χ3v) is 6.03. The quantitative estimate of drug-likeness (QED) is 0.829. The number of ether oxygens (including phenoxy) is 1. The van der Waals surface area contributed by atoms with Gasteiger partial charge in [0.05, 0.1) is 7.11 Å². The summed E-state index contributed by atoms with van der Waals surface area (Å²) in [5.41, 5.74) is 0.915. The number of thioether (sulfide) groups is 1. The average Bonchev–Trinajstić information content (AvgIpc) is 2.48. The zero-order valence-corrected chi connectivity index (χ0v) is 14.0. The molecule has 0 unspecified atom stereocenters. The van der Waals surface area contributed by atoms with Crippen molar-refractivity contribution in [1.29, 1.82) is 0 Å². The van der Waals surface area contributed by atoms with Gasteiger partial charge >= 0.3 is 0 Å². The molecule has 0 amide bonds. The van der Waals surface area contributed by atoms with Gasteiger partial charge in [-0.3, -0.25) is 0 Å². The molecule has 0 aromatic heterocycles. The van der Waals surface area contributed by atoms with E-state index in [4.69, 9.17) is 4.74 Å². The summed E-state index contributed by atoms with van der Waals surface area (Å²) in [6, 6.07) is 5.27. The number of methoxy groups -OCH3 is 1. The van der Waals surface area contributed by atoms with Crippen molar-refractivity contribution in [2.75, 3.05) is 25.7 Å². The molecule has 2 N–H and O–H groups in total. The molecule has 1 aliphatic rings. The van der Waals surface area contributed by atoms with Crippen LogP contribution in [0.15, 0.2) is 23.1 Å². The molecule has 21 heavy (non-hydrogen) atoms. The van der Waals surface area contributed by atoms with E-state index in [1.54, 1.807) is 12.1 Å². The van der Waals surface area contributed by atoms with Crippen molar-refractivity contribution in [3.63, 3.8) is 0 Å². The van der Waals surface area contributed by atoms with Gasteiger partial charge in [-0.25, -0.2) is 13.1 Å². The lowest BCUT2D eigenvalue weighted by Crippen LogP contribution is -2.37. The lowest BCUT2D eigenvalue weighted by atomic mass is 10.2. The van der Waals surface area contributed by atoms with E-state index in [1.165, 1.54) is 7.11 Å². The van der Waals surface area contributed by atoms with E-state index in [1.807, 2.05) is 24.9 Å². The van der Waals surface area contributed by atoms with Crippen LogP contribution in [0.25, 0.3) is 0 Å². The summed E-state index contributed by atoms with van der Waals surface area (Å²) in [6.07, 6.45) is 1.75. The number of sulfonamides is 1. The molecule has 118 valence electrons. The molecule has 2 rings (SSSR count). The van der Waals surface area contributed by atoms with Gasteiger partial charge in [0, 0.05) is 12.6 Å². The van der Waals surface area contributed by atoms with Crippen LogP contribution in [0, 0.1) is 0 Å². The van der Waals surface area contributed by atoms with Crippen molar-refractivity contribution in [2.24, 2.45) is 0 Å². The minimum Gasteiger partial charge on any atom is -0.495 e. The molecule has 7 heteroatoms. The summed E-state index contributed by atoms with van der Waals surface area (Å²) < 4.78 is 33.3. The van der Waals surface area contributed by atoms with Crippen molar-refractivity contribution in [3.8, 4) is 5.75 Å². The van der Waals surface area contributed by atoms with Crippen molar-refractivity contribution < 1.29 is 13.2 Å². The molecule has 1 heterocycles. The second kappa shape index (κ2) is 7.49. The van der Waals surface area contributed by atoms with Gasteiger partial charge in [0.1, 0.15) is 10.6 Å².